The van der Waals surface area contributed by atoms with E-state index in [4.69, 9.17) is 4.74 Å². The molecule has 1 aromatic rings. The van der Waals surface area contributed by atoms with E-state index in [0.717, 1.165) is 51.0 Å². The molecular weight excluding hydrogens is 264 g/mol. The van der Waals surface area contributed by atoms with E-state index in [2.05, 4.69) is 23.2 Å². The molecule has 0 saturated carbocycles. The molecule has 4 heteroatoms. The maximum Gasteiger partial charge on any atom is 0.411 e. The molecule has 3 saturated heterocycles. The van der Waals surface area contributed by atoms with Gasteiger partial charge in [0.05, 0.1) is 0 Å². The molecule has 1 amide bonds. The maximum atomic E-state index is 12.1. The van der Waals surface area contributed by atoms with Crippen LogP contribution in [0.25, 0.3) is 0 Å². The Morgan fingerprint density at radius 3 is 2.86 bits per heavy atom. The highest BCUT2D eigenvalue weighted by atomic mass is 16.6. The van der Waals surface area contributed by atoms with Crippen molar-refractivity contribution >= 4 is 11.8 Å². The zero-order chi connectivity index (χ0) is 14.7. The molecule has 1 N–H and O–H groups in total. The molecule has 3 fully saturated rings. The van der Waals surface area contributed by atoms with Crippen LogP contribution in [0.3, 0.4) is 0 Å². The Labute approximate surface area is 126 Å². The Morgan fingerprint density at radius 2 is 2.19 bits per heavy atom. The van der Waals surface area contributed by atoms with Gasteiger partial charge in [-0.15, -0.1) is 0 Å². The van der Waals surface area contributed by atoms with Gasteiger partial charge in [-0.05, 0) is 56.0 Å². The summed E-state index contributed by atoms with van der Waals surface area (Å²) in [4.78, 5) is 14.5. The van der Waals surface area contributed by atoms with Crippen molar-refractivity contribution in [3.05, 3.63) is 29.8 Å². The van der Waals surface area contributed by atoms with Crippen LogP contribution in [0.2, 0.25) is 0 Å². The second-order valence-corrected chi connectivity index (χ2v) is 6.16. The maximum absolute atomic E-state index is 12.1. The van der Waals surface area contributed by atoms with Crippen LogP contribution in [0.4, 0.5) is 10.5 Å². The quantitative estimate of drug-likeness (QED) is 0.924. The second kappa shape index (κ2) is 6.48. The van der Waals surface area contributed by atoms with Crippen LogP contribution in [-0.2, 0) is 11.2 Å². The molecule has 3 aliphatic heterocycles. The topological polar surface area (TPSA) is 41.6 Å². The van der Waals surface area contributed by atoms with Crippen LogP contribution in [0, 0.1) is 5.92 Å². The highest BCUT2D eigenvalue weighted by Gasteiger charge is 2.36. The van der Waals surface area contributed by atoms with Crippen molar-refractivity contribution in [1.82, 2.24) is 4.90 Å². The number of aryl methyl sites for hydroxylation is 1. The minimum Gasteiger partial charge on any atom is -0.444 e. The molecule has 0 unspecified atom stereocenters. The molecule has 1 aromatic carbocycles. The lowest BCUT2D eigenvalue weighted by Gasteiger charge is -2.43. The van der Waals surface area contributed by atoms with Gasteiger partial charge in [0, 0.05) is 12.2 Å². The summed E-state index contributed by atoms with van der Waals surface area (Å²) in [7, 11) is 0. The molecule has 0 aliphatic carbocycles. The van der Waals surface area contributed by atoms with E-state index in [1.807, 2.05) is 18.2 Å². The third-order valence-electron chi connectivity index (χ3n) is 4.57. The van der Waals surface area contributed by atoms with E-state index in [-0.39, 0.29) is 12.2 Å². The molecular formula is C17H24N2O2. The van der Waals surface area contributed by atoms with Gasteiger partial charge in [-0.2, -0.15) is 0 Å². The number of hydrogen-bond donors (Lipinski definition) is 1. The third kappa shape index (κ3) is 3.56. The largest absolute Gasteiger partial charge is 0.444 e. The first kappa shape index (κ1) is 14.4. The first-order chi connectivity index (χ1) is 10.2. The molecule has 4 nitrogen and oxygen atoms in total. The molecule has 0 spiro atoms. The average molecular weight is 288 g/mol. The van der Waals surface area contributed by atoms with Crippen LogP contribution in [0.5, 0.6) is 0 Å². The van der Waals surface area contributed by atoms with E-state index in [1.165, 1.54) is 5.56 Å². The van der Waals surface area contributed by atoms with Crippen molar-refractivity contribution in [2.75, 3.05) is 25.0 Å². The Morgan fingerprint density at radius 1 is 1.38 bits per heavy atom. The Balaban J connectivity index is 1.55. The molecule has 0 aromatic heterocycles. The van der Waals surface area contributed by atoms with Gasteiger partial charge in [-0.25, -0.2) is 4.79 Å². The number of ether oxygens (including phenoxy) is 1. The summed E-state index contributed by atoms with van der Waals surface area (Å²) in [5, 5.41) is 2.87. The van der Waals surface area contributed by atoms with Crippen molar-refractivity contribution < 1.29 is 9.53 Å². The van der Waals surface area contributed by atoms with Crippen LogP contribution in [0.1, 0.15) is 31.7 Å². The van der Waals surface area contributed by atoms with E-state index >= 15 is 0 Å². The van der Waals surface area contributed by atoms with Crippen molar-refractivity contribution in [1.29, 1.82) is 0 Å². The van der Waals surface area contributed by atoms with Gasteiger partial charge < -0.3 is 4.74 Å². The predicted octanol–water partition coefficient (Wildman–Crippen LogP) is 3.28. The summed E-state index contributed by atoms with van der Waals surface area (Å²) < 4.78 is 5.64. The fraction of sp³-hybridized carbons (Fsp3) is 0.588. The fourth-order valence-electron chi connectivity index (χ4n) is 3.42. The number of amides is 1. The molecule has 21 heavy (non-hydrogen) atoms. The highest BCUT2D eigenvalue weighted by molar-refractivity contribution is 5.84. The van der Waals surface area contributed by atoms with Gasteiger partial charge in [-0.1, -0.05) is 25.5 Å². The number of carbonyl (C=O) groups excluding carboxylic acids is 1. The van der Waals surface area contributed by atoms with Gasteiger partial charge in [0.25, 0.3) is 0 Å². The lowest BCUT2D eigenvalue weighted by Crippen LogP contribution is -2.52. The molecule has 0 radical (unpaired) electrons. The zero-order valence-electron chi connectivity index (χ0n) is 12.7. The molecule has 2 bridgehead atoms. The van der Waals surface area contributed by atoms with E-state index in [0.29, 0.717) is 5.92 Å². The number of benzene rings is 1. The first-order valence-electron chi connectivity index (χ1n) is 8.03. The second-order valence-electron chi connectivity index (χ2n) is 6.16. The van der Waals surface area contributed by atoms with Crippen LogP contribution in [0.15, 0.2) is 24.3 Å². The number of nitrogens with one attached hydrogen (secondary N) is 1. The summed E-state index contributed by atoms with van der Waals surface area (Å²) in [5.74, 6) is 0.548. The van der Waals surface area contributed by atoms with Crippen LogP contribution >= 0.6 is 0 Å². The summed E-state index contributed by atoms with van der Waals surface area (Å²) in [6, 6.07) is 8.01. The van der Waals surface area contributed by atoms with Crippen molar-refractivity contribution in [2.24, 2.45) is 5.92 Å². The number of carbonyl (C=O) groups is 1. The summed E-state index contributed by atoms with van der Waals surface area (Å²) in [6.07, 6.45) is 4.19. The summed E-state index contributed by atoms with van der Waals surface area (Å²) in [6.45, 7) is 5.37. The molecule has 4 rings (SSSR count). The van der Waals surface area contributed by atoms with Crippen LogP contribution < -0.4 is 5.32 Å². The Hall–Kier alpha value is -1.55. The number of anilines is 1. The van der Waals surface area contributed by atoms with Gasteiger partial charge in [0.15, 0.2) is 0 Å². The van der Waals surface area contributed by atoms with E-state index < -0.39 is 0 Å². The summed E-state index contributed by atoms with van der Waals surface area (Å²) >= 11 is 0. The van der Waals surface area contributed by atoms with Gasteiger partial charge in [-0.3, -0.25) is 10.2 Å². The van der Waals surface area contributed by atoms with Gasteiger partial charge in [0.2, 0.25) is 0 Å². The Bertz CT molecular complexity index is 495. The number of rotatable bonds is 4. The molecule has 3 aliphatic rings. The third-order valence-corrected chi connectivity index (χ3v) is 4.57. The number of hydrogen-bond acceptors (Lipinski definition) is 3. The normalized spacial score (nSPS) is 27.4. The van der Waals surface area contributed by atoms with Crippen LogP contribution in [-0.4, -0.2) is 36.7 Å². The molecule has 114 valence electrons. The minimum atomic E-state index is -0.317. The number of nitrogens with zero attached hydrogens (tertiary/aromatic N) is 1. The van der Waals surface area contributed by atoms with Gasteiger partial charge in [0.1, 0.15) is 6.10 Å². The smallest absolute Gasteiger partial charge is 0.411 e. The average Bonchev–Trinajstić information content (AvgIpc) is 2.49. The predicted molar refractivity (Wildman–Crippen MR) is 83.5 cm³/mol. The molecule has 3 heterocycles. The minimum absolute atomic E-state index is 0.0614. The number of piperidine rings is 3. The van der Waals surface area contributed by atoms with Crippen molar-refractivity contribution in [3.63, 3.8) is 0 Å². The SMILES string of the molecule is CCCc1cccc(NC(=O)O[C@@H]2CN3CCC2CC3)c1. The van der Waals surface area contributed by atoms with E-state index in [1.54, 1.807) is 0 Å². The van der Waals surface area contributed by atoms with Gasteiger partial charge >= 0.3 is 6.09 Å². The first-order valence-corrected chi connectivity index (χ1v) is 8.03. The van der Waals surface area contributed by atoms with E-state index in [9.17, 15) is 4.79 Å². The van der Waals surface area contributed by atoms with Crippen molar-refractivity contribution in [3.8, 4) is 0 Å². The fourth-order valence-corrected chi connectivity index (χ4v) is 3.42. The summed E-state index contributed by atoms with van der Waals surface area (Å²) in [5.41, 5.74) is 2.07. The monoisotopic (exact) mass is 288 g/mol. The highest BCUT2D eigenvalue weighted by Crippen LogP contribution is 2.29. The lowest BCUT2D eigenvalue weighted by molar-refractivity contribution is -0.0289. The molecule has 1 atom stereocenters. The zero-order valence-corrected chi connectivity index (χ0v) is 12.7. The standard InChI is InChI=1S/C17H24N2O2/c1-2-4-13-5-3-6-15(11-13)18-17(20)21-16-12-19-9-7-14(16)8-10-19/h3,5-6,11,14,16H,2,4,7-10,12H2,1H3,(H,18,20)/t16-/m1/s1. The number of fused-ring (bicyclic) bond motifs is 3. The van der Waals surface area contributed by atoms with Crippen molar-refractivity contribution in [2.45, 2.75) is 38.7 Å². The Kier molecular flexibility index (Phi) is 4.44. The lowest BCUT2D eigenvalue weighted by atomic mass is 9.86.